The van der Waals surface area contributed by atoms with Gasteiger partial charge in [-0.15, -0.1) is 0 Å². The highest BCUT2D eigenvalue weighted by atomic mass is 16.2. The quantitative estimate of drug-likeness (QED) is 0.398. The van der Waals surface area contributed by atoms with Gasteiger partial charge < -0.3 is 19.9 Å². The molecule has 3 aromatic heterocycles. The van der Waals surface area contributed by atoms with Crippen LogP contribution in [0, 0.1) is 12.8 Å². The average molecular weight is 557 g/mol. The van der Waals surface area contributed by atoms with Crippen LogP contribution >= 0.6 is 0 Å². The van der Waals surface area contributed by atoms with E-state index in [1.54, 1.807) is 34.2 Å². The predicted octanol–water partition coefficient (Wildman–Crippen LogP) is 2.71. The SMILES string of the molecule is Cc1nc2n(n1)CCN(C(=O)c1ccc3nccn3c1)CCCC(=O)N[C@@H](Cc1ccccc1)C(=O)N[C@@H]2C(C)C. The minimum absolute atomic E-state index is 0.00178. The Morgan fingerprint density at radius 1 is 1.05 bits per heavy atom. The Morgan fingerprint density at radius 2 is 1.85 bits per heavy atom. The Balaban J connectivity index is 1.45. The maximum absolute atomic E-state index is 13.7. The molecule has 2 N–H and O–H groups in total. The standard InChI is InChI=1S/C30H36N8O3/c1-20(2)27-28-32-21(3)35-38(28)17-16-36(30(41)23-11-12-25-31-13-15-37(25)19-23)14-7-10-26(39)33-24(29(40)34-27)18-22-8-5-4-6-9-22/h4-6,8-9,11-13,15,19-20,24,27H,7,10,14,16-18H2,1-3H3,(H,33,39)(H,34,40)/t24-,27+/m0/s1. The van der Waals surface area contributed by atoms with Gasteiger partial charge in [0.05, 0.1) is 18.2 Å². The van der Waals surface area contributed by atoms with Crippen LogP contribution in [0.4, 0.5) is 0 Å². The van der Waals surface area contributed by atoms with Gasteiger partial charge in [0.2, 0.25) is 11.8 Å². The van der Waals surface area contributed by atoms with Crippen molar-refractivity contribution >= 4 is 23.4 Å². The molecule has 0 unspecified atom stereocenters. The molecule has 0 fully saturated rings. The summed E-state index contributed by atoms with van der Waals surface area (Å²) >= 11 is 0. The summed E-state index contributed by atoms with van der Waals surface area (Å²) in [5.74, 6) is 0.577. The van der Waals surface area contributed by atoms with Crippen molar-refractivity contribution in [3.8, 4) is 0 Å². The van der Waals surface area contributed by atoms with Crippen LogP contribution in [0.25, 0.3) is 5.65 Å². The number of amides is 3. The smallest absolute Gasteiger partial charge is 0.255 e. The molecule has 4 aromatic rings. The van der Waals surface area contributed by atoms with Gasteiger partial charge in [-0.1, -0.05) is 44.2 Å². The highest BCUT2D eigenvalue weighted by Crippen LogP contribution is 2.22. The molecule has 2 atom stereocenters. The first-order chi connectivity index (χ1) is 19.8. The summed E-state index contributed by atoms with van der Waals surface area (Å²) in [6.07, 6.45) is 6.25. The number of pyridine rings is 1. The first-order valence-electron chi connectivity index (χ1n) is 14.1. The summed E-state index contributed by atoms with van der Waals surface area (Å²) in [6.45, 7) is 6.97. The van der Waals surface area contributed by atoms with Gasteiger partial charge in [-0.05, 0) is 37.0 Å². The Morgan fingerprint density at radius 3 is 2.63 bits per heavy atom. The third-order valence-electron chi connectivity index (χ3n) is 7.32. The summed E-state index contributed by atoms with van der Waals surface area (Å²) in [7, 11) is 0. The van der Waals surface area contributed by atoms with Crippen LogP contribution in [0.1, 0.15) is 60.3 Å². The minimum Gasteiger partial charge on any atom is -0.344 e. The fourth-order valence-corrected chi connectivity index (χ4v) is 5.17. The van der Waals surface area contributed by atoms with Crippen LogP contribution in [0.5, 0.6) is 0 Å². The van der Waals surface area contributed by atoms with E-state index in [9.17, 15) is 14.4 Å². The van der Waals surface area contributed by atoms with Crippen molar-refractivity contribution in [1.82, 2.24) is 39.7 Å². The second-order valence-electron chi connectivity index (χ2n) is 10.8. The molecule has 4 heterocycles. The molecule has 1 aliphatic heterocycles. The molecule has 0 saturated carbocycles. The average Bonchev–Trinajstić information content (AvgIpc) is 3.58. The molecule has 0 bridgehead atoms. The van der Waals surface area contributed by atoms with Gasteiger partial charge >= 0.3 is 0 Å². The van der Waals surface area contributed by atoms with Crippen LogP contribution in [0.15, 0.2) is 61.1 Å². The molecule has 1 aromatic carbocycles. The number of hydrogen-bond acceptors (Lipinski definition) is 6. The molecule has 3 amide bonds. The Labute approximate surface area is 239 Å². The van der Waals surface area contributed by atoms with Crippen LogP contribution < -0.4 is 10.6 Å². The molecular weight excluding hydrogens is 520 g/mol. The second kappa shape index (κ2) is 12.3. The zero-order valence-electron chi connectivity index (χ0n) is 23.7. The number of nitrogens with zero attached hydrogens (tertiary/aromatic N) is 6. The van der Waals surface area contributed by atoms with Crippen LogP contribution in [-0.2, 0) is 22.6 Å². The summed E-state index contributed by atoms with van der Waals surface area (Å²) in [5.41, 5.74) is 2.24. The number of aryl methyl sites for hydroxylation is 1. The van der Waals surface area contributed by atoms with Crippen molar-refractivity contribution in [2.75, 3.05) is 13.1 Å². The molecular formula is C30H36N8O3. The normalized spacial score (nSPS) is 19.0. The van der Waals surface area contributed by atoms with Crippen molar-refractivity contribution in [3.63, 3.8) is 0 Å². The van der Waals surface area contributed by atoms with E-state index in [0.717, 1.165) is 11.2 Å². The number of hydrogen-bond donors (Lipinski definition) is 2. The third-order valence-corrected chi connectivity index (χ3v) is 7.32. The maximum Gasteiger partial charge on any atom is 0.255 e. The lowest BCUT2D eigenvalue weighted by atomic mass is 10.0. The molecule has 41 heavy (non-hydrogen) atoms. The molecule has 214 valence electrons. The van der Waals surface area contributed by atoms with E-state index in [-0.39, 0.29) is 30.1 Å². The van der Waals surface area contributed by atoms with Crippen LogP contribution in [0.3, 0.4) is 0 Å². The van der Waals surface area contributed by atoms with E-state index in [4.69, 9.17) is 0 Å². The first kappa shape index (κ1) is 28.0. The van der Waals surface area contributed by atoms with E-state index >= 15 is 0 Å². The number of rotatable bonds is 4. The Bertz CT molecular complexity index is 1530. The van der Waals surface area contributed by atoms with E-state index in [0.29, 0.717) is 49.7 Å². The number of nitrogens with one attached hydrogen (secondary N) is 2. The maximum atomic E-state index is 13.7. The predicted molar refractivity (Wildman–Crippen MR) is 153 cm³/mol. The Kier molecular flexibility index (Phi) is 8.42. The van der Waals surface area contributed by atoms with Gasteiger partial charge in [0.1, 0.15) is 23.3 Å². The molecule has 0 aliphatic carbocycles. The lowest BCUT2D eigenvalue weighted by Crippen LogP contribution is -2.50. The van der Waals surface area contributed by atoms with Crippen LogP contribution in [0.2, 0.25) is 0 Å². The summed E-state index contributed by atoms with van der Waals surface area (Å²) < 4.78 is 3.60. The molecule has 1 aliphatic rings. The molecule has 0 spiro atoms. The lowest BCUT2D eigenvalue weighted by Gasteiger charge is -2.28. The van der Waals surface area contributed by atoms with E-state index in [1.165, 1.54) is 0 Å². The molecule has 0 saturated heterocycles. The number of benzene rings is 1. The van der Waals surface area contributed by atoms with Crippen molar-refractivity contribution in [2.24, 2.45) is 5.92 Å². The molecule has 5 rings (SSSR count). The summed E-state index contributed by atoms with van der Waals surface area (Å²) in [6, 6.07) is 12.0. The van der Waals surface area contributed by atoms with E-state index < -0.39 is 12.1 Å². The van der Waals surface area contributed by atoms with Gasteiger partial charge in [0.25, 0.3) is 5.91 Å². The fraction of sp³-hybridized carbons (Fsp3) is 0.400. The van der Waals surface area contributed by atoms with E-state index in [2.05, 4.69) is 25.7 Å². The van der Waals surface area contributed by atoms with E-state index in [1.807, 2.05) is 61.6 Å². The van der Waals surface area contributed by atoms with Gasteiger partial charge in [0, 0.05) is 44.5 Å². The number of carbonyl (C=O) groups is 3. The number of fused-ring (bicyclic) bond motifs is 2. The zero-order valence-corrected chi connectivity index (χ0v) is 23.7. The highest BCUT2D eigenvalue weighted by Gasteiger charge is 2.30. The van der Waals surface area contributed by atoms with Crippen molar-refractivity contribution in [3.05, 3.63) is 83.8 Å². The monoisotopic (exact) mass is 556 g/mol. The summed E-state index contributed by atoms with van der Waals surface area (Å²) in [4.78, 5) is 51.0. The van der Waals surface area contributed by atoms with Crippen molar-refractivity contribution in [2.45, 2.75) is 58.7 Å². The number of carbonyl (C=O) groups excluding carboxylic acids is 3. The van der Waals surface area contributed by atoms with Gasteiger partial charge in [0.15, 0.2) is 0 Å². The van der Waals surface area contributed by atoms with Gasteiger partial charge in [-0.3, -0.25) is 14.4 Å². The first-order valence-corrected chi connectivity index (χ1v) is 14.1. The topological polar surface area (TPSA) is 127 Å². The fourth-order valence-electron chi connectivity index (χ4n) is 5.17. The summed E-state index contributed by atoms with van der Waals surface area (Å²) in [5, 5.41) is 10.7. The highest BCUT2D eigenvalue weighted by molar-refractivity contribution is 5.94. The molecule has 0 radical (unpaired) electrons. The minimum atomic E-state index is -0.758. The zero-order chi connectivity index (χ0) is 28.9. The molecule has 11 heteroatoms. The van der Waals surface area contributed by atoms with Crippen molar-refractivity contribution < 1.29 is 14.4 Å². The Hall–Kier alpha value is -4.54. The van der Waals surface area contributed by atoms with Gasteiger partial charge in [-0.2, -0.15) is 5.10 Å². The third kappa shape index (κ3) is 6.62. The van der Waals surface area contributed by atoms with Crippen LogP contribution in [-0.4, -0.2) is 65.9 Å². The van der Waals surface area contributed by atoms with Gasteiger partial charge in [-0.25, -0.2) is 14.6 Å². The number of aromatic nitrogens is 5. The number of imidazole rings is 1. The second-order valence-corrected chi connectivity index (χ2v) is 10.8. The largest absolute Gasteiger partial charge is 0.344 e. The van der Waals surface area contributed by atoms with Crippen molar-refractivity contribution in [1.29, 1.82) is 0 Å². The molecule has 11 nitrogen and oxygen atoms in total. The lowest BCUT2D eigenvalue weighted by molar-refractivity contribution is -0.129.